The minimum Gasteiger partial charge on any atom is -0.380 e. The van der Waals surface area contributed by atoms with Gasteiger partial charge in [-0.3, -0.25) is 14.5 Å². The Balaban J connectivity index is 1.67. The molecule has 0 unspecified atom stereocenters. The molecule has 0 spiro atoms. The van der Waals surface area contributed by atoms with Crippen LogP contribution in [-0.4, -0.2) is 30.6 Å². The van der Waals surface area contributed by atoms with E-state index in [0.717, 1.165) is 24.2 Å². The number of hydrogen-bond acceptors (Lipinski definition) is 4. The van der Waals surface area contributed by atoms with Crippen molar-refractivity contribution in [3.8, 4) is 11.1 Å². The molecule has 4 heteroatoms. The lowest BCUT2D eigenvalue weighted by Crippen LogP contribution is -2.42. The first kappa shape index (κ1) is 15.9. The maximum absolute atomic E-state index is 11.9. The molecule has 122 valence electrons. The molecule has 0 bridgehead atoms. The zero-order chi connectivity index (χ0) is 16.4. The molecular formula is C19H24N2O2. The van der Waals surface area contributed by atoms with Gasteiger partial charge in [-0.1, -0.05) is 36.2 Å². The van der Waals surface area contributed by atoms with Gasteiger partial charge in [0.1, 0.15) is 0 Å². The molecule has 4 nitrogen and oxygen atoms in total. The highest BCUT2D eigenvalue weighted by atomic mass is 16.2. The molecule has 1 heterocycles. The van der Waals surface area contributed by atoms with Gasteiger partial charge < -0.3 is 5.32 Å². The minimum atomic E-state index is -0.382. The van der Waals surface area contributed by atoms with Crippen LogP contribution in [0.4, 0.5) is 5.69 Å². The first-order valence-corrected chi connectivity index (χ1v) is 8.46. The quantitative estimate of drug-likeness (QED) is 0.862. The highest BCUT2D eigenvalue weighted by molar-refractivity contribution is 5.81. The van der Waals surface area contributed by atoms with Crippen molar-refractivity contribution in [2.45, 2.75) is 39.2 Å². The molecule has 1 aliphatic rings. The smallest absolute Gasteiger partial charge is 0.250 e. The normalized spacial score (nSPS) is 19.1. The van der Waals surface area contributed by atoms with Crippen molar-refractivity contribution in [2.75, 3.05) is 25.0 Å². The van der Waals surface area contributed by atoms with E-state index in [2.05, 4.69) is 17.1 Å². The number of anilines is 1. The Morgan fingerprint density at radius 1 is 1.13 bits per heavy atom. The fraction of sp³-hybridized carbons (Fsp3) is 0.474. The van der Waals surface area contributed by atoms with Crippen molar-refractivity contribution in [1.29, 1.82) is 0 Å². The van der Waals surface area contributed by atoms with Crippen LogP contribution in [0.25, 0.3) is 11.1 Å². The Kier molecular flexibility index (Phi) is 4.62. The fourth-order valence-corrected chi connectivity index (χ4v) is 3.37. The average molecular weight is 312 g/mol. The second-order valence-corrected chi connectivity index (χ2v) is 6.58. The van der Waals surface area contributed by atoms with Gasteiger partial charge in [0.2, 0.25) is 10.9 Å². The van der Waals surface area contributed by atoms with E-state index in [1.807, 2.05) is 31.2 Å². The van der Waals surface area contributed by atoms with Crippen LogP contribution in [-0.2, 0) is 0 Å². The maximum atomic E-state index is 11.9. The van der Waals surface area contributed by atoms with E-state index in [1.165, 1.54) is 19.3 Å². The van der Waals surface area contributed by atoms with Gasteiger partial charge in [-0.2, -0.15) is 0 Å². The van der Waals surface area contributed by atoms with Crippen molar-refractivity contribution in [1.82, 2.24) is 4.90 Å². The summed E-state index contributed by atoms with van der Waals surface area (Å²) < 4.78 is 0. The Bertz CT molecular complexity index is 742. The fourth-order valence-electron chi connectivity index (χ4n) is 3.37. The predicted octanol–water partition coefficient (Wildman–Crippen LogP) is 2.54. The van der Waals surface area contributed by atoms with Crippen LogP contribution in [0.1, 0.15) is 31.7 Å². The lowest BCUT2D eigenvalue weighted by Gasteiger charge is -2.33. The van der Waals surface area contributed by atoms with Crippen LogP contribution in [0.15, 0.2) is 33.9 Å². The third kappa shape index (κ3) is 3.22. The lowest BCUT2D eigenvalue weighted by molar-refractivity contribution is 0.167. The molecule has 2 aromatic carbocycles. The second-order valence-electron chi connectivity index (χ2n) is 6.58. The molecule has 3 rings (SSSR count). The zero-order valence-electron chi connectivity index (χ0n) is 13.9. The van der Waals surface area contributed by atoms with Crippen LogP contribution >= 0.6 is 0 Å². The molecule has 1 fully saturated rings. The summed E-state index contributed by atoms with van der Waals surface area (Å²) in [5, 5.41) is 3.20. The number of aryl methyl sites for hydroxylation is 1. The third-order valence-electron chi connectivity index (χ3n) is 4.89. The van der Waals surface area contributed by atoms with Crippen molar-refractivity contribution >= 4 is 5.69 Å². The van der Waals surface area contributed by atoms with Gasteiger partial charge in [-0.15, -0.1) is 0 Å². The topological polar surface area (TPSA) is 49.4 Å². The summed E-state index contributed by atoms with van der Waals surface area (Å²) in [5.41, 5.74) is 2.25. The van der Waals surface area contributed by atoms with Crippen molar-refractivity contribution in [3.63, 3.8) is 0 Å². The van der Waals surface area contributed by atoms with Gasteiger partial charge in [0, 0.05) is 19.1 Å². The third-order valence-corrected chi connectivity index (χ3v) is 4.89. The molecule has 23 heavy (non-hydrogen) atoms. The SMILES string of the molecule is Cc1ccc(-c2c(NCCN3CCCC[C@@H]3C)c(=O)c2=O)cc1. The molecule has 0 saturated carbocycles. The number of nitrogens with one attached hydrogen (secondary N) is 1. The molecule has 1 saturated heterocycles. The number of nitrogens with zero attached hydrogens (tertiary/aromatic N) is 1. The van der Waals surface area contributed by atoms with Crippen LogP contribution in [0.3, 0.4) is 0 Å². The number of likely N-dealkylation sites (tertiary alicyclic amines) is 1. The highest BCUT2D eigenvalue weighted by Crippen LogP contribution is 2.24. The largest absolute Gasteiger partial charge is 0.380 e. The van der Waals surface area contributed by atoms with Crippen molar-refractivity contribution in [3.05, 3.63) is 50.3 Å². The van der Waals surface area contributed by atoms with Gasteiger partial charge in [-0.25, -0.2) is 0 Å². The van der Waals surface area contributed by atoms with Gasteiger partial charge in [0.25, 0.3) is 0 Å². The first-order chi connectivity index (χ1) is 11.1. The van der Waals surface area contributed by atoms with Crippen LogP contribution < -0.4 is 16.2 Å². The summed E-state index contributed by atoms with van der Waals surface area (Å²) in [4.78, 5) is 26.2. The summed E-state index contributed by atoms with van der Waals surface area (Å²) in [5.74, 6) is 0. The van der Waals surface area contributed by atoms with Gasteiger partial charge >= 0.3 is 0 Å². The molecule has 0 amide bonds. The van der Waals surface area contributed by atoms with E-state index >= 15 is 0 Å². The summed E-state index contributed by atoms with van der Waals surface area (Å²) >= 11 is 0. The van der Waals surface area contributed by atoms with Crippen molar-refractivity contribution < 1.29 is 0 Å². The van der Waals surface area contributed by atoms with Crippen LogP contribution in [0.2, 0.25) is 0 Å². The van der Waals surface area contributed by atoms with E-state index < -0.39 is 0 Å². The van der Waals surface area contributed by atoms with Gasteiger partial charge in [0.05, 0.1) is 11.3 Å². The summed E-state index contributed by atoms with van der Waals surface area (Å²) in [6.07, 6.45) is 3.80. The standard InChI is InChI=1S/C19H24N2O2/c1-13-6-8-15(9-7-13)16-17(19(23)18(16)22)20-10-12-21-11-4-3-5-14(21)2/h6-9,14,20H,3-5,10-12H2,1-2H3/t14-/m0/s1. The zero-order valence-corrected chi connectivity index (χ0v) is 13.9. The predicted molar refractivity (Wildman–Crippen MR) is 94.9 cm³/mol. The van der Waals surface area contributed by atoms with E-state index in [0.29, 0.717) is 23.8 Å². The van der Waals surface area contributed by atoms with Gasteiger partial charge in [-0.05, 0) is 38.8 Å². The molecular weight excluding hydrogens is 288 g/mol. The van der Waals surface area contributed by atoms with Gasteiger partial charge in [0.15, 0.2) is 0 Å². The number of rotatable bonds is 5. The lowest BCUT2D eigenvalue weighted by atomic mass is 9.97. The Morgan fingerprint density at radius 2 is 1.87 bits per heavy atom. The maximum Gasteiger partial charge on any atom is 0.250 e. The van der Waals surface area contributed by atoms with Crippen molar-refractivity contribution in [2.24, 2.45) is 0 Å². The molecule has 0 aromatic heterocycles. The Hall–Kier alpha value is -1.94. The van der Waals surface area contributed by atoms with E-state index in [1.54, 1.807) is 0 Å². The number of benzene rings is 1. The average Bonchev–Trinajstić information content (AvgIpc) is 2.56. The minimum absolute atomic E-state index is 0.373. The molecule has 1 aliphatic heterocycles. The first-order valence-electron chi connectivity index (χ1n) is 8.46. The van der Waals surface area contributed by atoms with E-state index in [9.17, 15) is 9.59 Å². The number of piperidine rings is 1. The molecule has 1 N–H and O–H groups in total. The Morgan fingerprint density at radius 3 is 2.57 bits per heavy atom. The molecule has 0 radical (unpaired) electrons. The monoisotopic (exact) mass is 312 g/mol. The van der Waals surface area contributed by atoms with E-state index in [4.69, 9.17) is 0 Å². The molecule has 0 aliphatic carbocycles. The summed E-state index contributed by atoms with van der Waals surface area (Å²) in [7, 11) is 0. The van der Waals surface area contributed by atoms with Crippen LogP contribution in [0, 0.1) is 6.92 Å². The molecule has 2 aromatic rings. The second kappa shape index (κ2) is 6.67. The molecule has 1 atom stereocenters. The van der Waals surface area contributed by atoms with Crippen LogP contribution in [0.5, 0.6) is 0 Å². The number of hydrogen-bond donors (Lipinski definition) is 1. The summed E-state index contributed by atoms with van der Waals surface area (Å²) in [6, 6.07) is 8.35. The van der Waals surface area contributed by atoms with E-state index in [-0.39, 0.29) is 10.9 Å². The summed E-state index contributed by atoms with van der Waals surface area (Å²) in [6.45, 7) is 7.00. The Labute approximate surface area is 136 Å². The highest BCUT2D eigenvalue weighted by Gasteiger charge is 2.23.